The molecule has 1 amide bonds. The fourth-order valence-electron chi connectivity index (χ4n) is 2.16. The summed E-state index contributed by atoms with van der Waals surface area (Å²) in [5, 5.41) is 0. The molecule has 1 fully saturated rings. The summed E-state index contributed by atoms with van der Waals surface area (Å²) in [5.41, 5.74) is 7.16. The fraction of sp³-hybridized carbons (Fsp3) is 0.571. The van der Waals surface area contributed by atoms with Gasteiger partial charge in [-0.15, -0.1) is 0 Å². The SMILES string of the molecule is Cc1cc(C(=O)N(CC(C)C)C2CC2)cc(N)n1. The van der Waals surface area contributed by atoms with Gasteiger partial charge in [0.05, 0.1) is 0 Å². The zero-order chi connectivity index (χ0) is 13.3. The molecule has 1 aromatic rings. The summed E-state index contributed by atoms with van der Waals surface area (Å²) in [7, 11) is 0. The first kappa shape index (κ1) is 12.9. The minimum Gasteiger partial charge on any atom is -0.384 e. The molecule has 1 heterocycles. The minimum atomic E-state index is 0.0865. The number of amides is 1. The normalized spacial score (nSPS) is 14.9. The Bertz CT molecular complexity index is 432. The van der Waals surface area contributed by atoms with Gasteiger partial charge < -0.3 is 10.6 Å². The van der Waals surface area contributed by atoms with E-state index in [-0.39, 0.29) is 5.91 Å². The average molecular weight is 247 g/mol. The Balaban J connectivity index is 2.21. The maximum atomic E-state index is 12.5. The molecule has 4 heteroatoms. The van der Waals surface area contributed by atoms with Crippen molar-refractivity contribution in [2.45, 2.75) is 39.7 Å². The molecule has 1 aromatic heterocycles. The third-order valence-electron chi connectivity index (χ3n) is 3.03. The number of nitrogens with two attached hydrogens (primary N) is 1. The molecule has 2 N–H and O–H groups in total. The lowest BCUT2D eigenvalue weighted by atomic mass is 10.1. The second kappa shape index (κ2) is 4.96. The highest BCUT2D eigenvalue weighted by atomic mass is 16.2. The number of nitrogens with zero attached hydrogens (tertiary/aromatic N) is 2. The van der Waals surface area contributed by atoms with E-state index in [1.165, 1.54) is 0 Å². The van der Waals surface area contributed by atoms with Gasteiger partial charge in [0.25, 0.3) is 5.91 Å². The number of hydrogen-bond donors (Lipinski definition) is 1. The molecular weight excluding hydrogens is 226 g/mol. The van der Waals surface area contributed by atoms with Crippen LogP contribution in [0.5, 0.6) is 0 Å². The zero-order valence-corrected chi connectivity index (χ0v) is 11.3. The molecule has 0 spiro atoms. The van der Waals surface area contributed by atoms with E-state index in [1.54, 1.807) is 6.07 Å². The van der Waals surface area contributed by atoms with Crippen molar-refractivity contribution >= 4 is 11.7 Å². The van der Waals surface area contributed by atoms with Gasteiger partial charge in [0.1, 0.15) is 5.82 Å². The van der Waals surface area contributed by atoms with Gasteiger partial charge in [-0.1, -0.05) is 13.8 Å². The van der Waals surface area contributed by atoms with E-state index in [0.717, 1.165) is 25.1 Å². The molecule has 0 saturated heterocycles. The van der Waals surface area contributed by atoms with Crippen molar-refractivity contribution in [3.8, 4) is 0 Å². The highest BCUT2D eigenvalue weighted by Gasteiger charge is 2.33. The molecule has 1 saturated carbocycles. The van der Waals surface area contributed by atoms with Crippen molar-refractivity contribution in [1.29, 1.82) is 0 Å². The summed E-state index contributed by atoms with van der Waals surface area (Å²) in [5.74, 6) is 0.983. The van der Waals surface area contributed by atoms with E-state index in [1.807, 2.05) is 17.9 Å². The van der Waals surface area contributed by atoms with Gasteiger partial charge in [-0.05, 0) is 37.8 Å². The summed E-state index contributed by atoms with van der Waals surface area (Å²) in [6.45, 7) is 6.94. The lowest BCUT2D eigenvalue weighted by Crippen LogP contribution is -2.36. The minimum absolute atomic E-state index is 0.0865. The number of hydrogen-bond acceptors (Lipinski definition) is 3. The van der Waals surface area contributed by atoms with E-state index >= 15 is 0 Å². The fourth-order valence-corrected chi connectivity index (χ4v) is 2.16. The maximum Gasteiger partial charge on any atom is 0.254 e. The molecular formula is C14H21N3O. The van der Waals surface area contributed by atoms with Gasteiger partial charge in [-0.2, -0.15) is 0 Å². The molecule has 4 nitrogen and oxygen atoms in total. The topological polar surface area (TPSA) is 59.2 Å². The molecule has 18 heavy (non-hydrogen) atoms. The third-order valence-corrected chi connectivity index (χ3v) is 3.03. The summed E-state index contributed by atoms with van der Waals surface area (Å²) >= 11 is 0. The molecule has 0 aliphatic heterocycles. The van der Waals surface area contributed by atoms with Crippen LogP contribution >= 0.6 is 0 Å². The molecule has 0 bridgehead atoms. The molecule has 98 valence electrons. The number of anilines is 1. The van der Waals surface area contributed by atoms with Crippen molar-refractivity contribution in [3.63, 3.8) is 0 Å². The monoisotopic (exact) mass is 247 g/mol. The maximum absolute atomic E-state index is 12.5. The molecule has 0 atom stereocenters. The van der Waals surface area contributed by atoms with Gasteiger partial charge in [0.15, 0.2) is 0 Å². The predicted octanol–water partition coefficient (Wildman–Crippen LogP) is 2.23. The molecule has 1 aliphatic carbocycles. The van der Waals surface area contributed by atoms with Crippen LogP contribution < -0.4 is 5.73 Å². The van der Waals surface area contributed by atoms with E-state index in [4.69, 9.17) is 5.73 Å². The van der Waals surface area contributed by atoms with Gasteiger partial charge in [0.2, 0.25) is 0 Å². The van der Waals surface area contributed by atoms with Gasteiger partial charge in [0, 0.05) is 23.8 Å². The number of aryl methyl sites for hydroxylation is 1. The lowest BCUT2D eigenvalue weighted by molar-refractivity contribution is 0.0722. The number of nitrogen functional groups attached to an aromatic ring is 1. The van der Waals surface area contributed by atoms with Crippen LogP contribution in [0, 0.1) is 12.8 Å². The number of carbonyl (C=O) groups is 1. The summed E-state index contributed by atoms with van der Waals surface area (Å²) in [6.07, 6.45) is 2.25. The van der Waals surface area contributed by atoms with Crippen molar-refractivity contribution in [2.75, 3.05) is 12.3 Å². The Morgan fingerprint density at radius 2 is 2.17 bits per heavy atom. The largest absolute Gasteiger partial charge is 0.384 e. The molecule has 1 aliphatic rings. The first-order chi connectivity index (χ1) is 8.47. The van der Waals surface area contributed by atoms with Crippen molar-refractivity contribution in [2.24, 2.45) is 5.92 Å². The van der Waals surface area contributed by atoms with Crippen molar-refractivity contribution < 1.29 is 4.79 Å². The number of aromatic nitrogens is 1. The van der Waals surface area contributed by atoms with Crippen LogP contribution in [0.1, 0.15) is 42.7 Å². The Hall–Kier alpha value is -1.58. The molecule has 2 rings (SSSR count). The second-order valence-corrected chi connectivity index (χ2v) is 5.50. The predicted molar refractivity (Wildman–Crippen MR) is 72.3 cm³/mol. The first-order valence-corrected chi connectivity index (χ1v) is 6.52. The van der Waals surface area contributed by atoms with Crippen LogP contribution in [0.25, 0.3) is 0 Å². The Morgan fingerprint density at radius 1 is 1.50 bits per heavy atom. The van der Waals surface area contributed by atoms with Gasteiger partial charge >= 0.3 is 0 Å². The van der Waals surface area contributed by atoms with Crippen molar-refractivity contribution in [3.05, 3.63) is 23.4 Å². The van der Waals surface area contributed by atoms with Crippen LogP contribution in [-0.4, -0.2) is 28.4 Å². The van der Waals surface area contributed by atoms with E-state index < -0.39 is 0 Å². The van der Waals surface area contributed by atoms with Gasteiger partial charge in [-0.25, -0.2) is 4.98 Å². The van der Waals surface area contributed by atoms with Crippen molar-refractivity contribution in [1.82, 2.24) is 9.88 Å². The molecule has 0 unspecified atom stereocenters. The van der Waals surface area contributed by atoms with E-state index in [0.29, 0.717) is 23.3 Å². The van der Waals surface area contributed by atoms with Crippen LogP contribution in [-0.2, 0) is 0 Å². The van der Waals surface area contributed by atoms with Crippen LogP contribution in [0.3, 0.4) is 0 Å². The van der Waals surface area contributed by atoms with Crippen LogP contribution in [0.2, 0.25) is 0 Å². The number of carbonyl (C=O) groups excluding carboxylic acids is 1. The van der Waals surface area contributed by atoms with E-state index in [9.17, 15) is 4.79 Å². The van der Waals surface area contributed by atoms with Gasteiger partial charge in [-0.3, -0.25) is 4.79 Å². The zero-order valence-electron chi connectivity index (χ0n) is 11.3. The Morgan fingerprint density at radius 3 is 2.67 bits per heavy atom. The lowest BCUT2D eigenvalue weighted by Gasteiger charge is -2.24. The quantitative estimate of drug-likeness (QED) is 0.887. The first-order valence-electron chi connectivity index (χ1n) is 6.52. The van der Waals surface area contributed by atoms with E-state index in [2.05, 4.69) is 18.8 Å². The standard InChI is InChI=1S/C14H21N3O/c1-9(2)8-17(12-4-5-12)14(18)11-6-10(3)16-13(15)7-11/h6-7,9,12H,4-5,8H2,1-3H3,(H2,15,16). The summed E-state index contributed by atoms with van der Waals surface area (Å²) in [6, 6.07) is 3.91. The smallest absolute Gasteiger partial charge is 0.254 e. The van der Waals surface area contributed by atoms with Crippen LogP contribution in [0.4, 0.5) is 5.82 Å². The molecule has 0 aromatic carbocycles. The number of pyridine rings is 1. The molecule has 0 radical (unpaired) electrons. The highest BCUT2D eigenvalue weighted by Crippen LogP contribution is 2.29. The third kappa shape index (κ3) is 3.00. The van der Waals surface area contributed by atoms with Crippen LogP contribution in [0.15, 0.2) is 12.1 Å². The summed E-state index contributed by atoms with van der Waals surface area (Å²) < 4.78 is 0. The summed E-state index contributed by atoms with van der Waals surface area (Å²) in [4.78, 5) is 18.6. The Kier molecular flexibility index (Phi) is 3.55. The number of rotatable bonds is 4. The average Bonchev–Trinajstić information content (AvgIpc) is 3.07. The highest BCUT2D eigenvalue weighted by molar-refractivity contribution is 5.95. The second-order valence-electron chi connectivity index (χ2n) is 5.50. The Labute approximate surface area is 108 Å².